The van der Waals surface area contributed by atoms with Crippen molar-refractivity contribution in [1.29, 1.82) is 0 Å². The predicted molar refractivity (Wildman–Crippen MR) is 91.0 cm³/mol. The van der Waals surface area contributed by atoms with Crippen LogP contribution in [0.2, 0.25) is 0 Å². The van der Waals surface area contributed by atoms with Gasteiger partial charge in [-0.05, 0) is 53.4 Å². The van der Waals surface area contributed by atoms with Gasteiger partial charge in [0.15, 0.2) is 0 Å². The molecule has 0 aliphatic rings. The van der Waals surface area contributed by atoms with Crippen LogP contribution in [0.5, 0.6) is 0 Å². The van der Waals surface area contributed by atoms with Crippen LogP contribution in [0.15, 0.2) is 34.9 Å². The molecular formula is C15H26O8P2-2. The van der Waals surface area contributed by atoms with E-state index in [1.165, 1.54) is 17.2 Å². The number of hydrogen-bond donors (Lipinski definition) is 1. The van der Waals surface area contributed by atoms with Gasteiger partial charge in [-0.1, -0.05) is 34.9 Å². The number of rotatable bonds is 12. The maximum atomic E-state index is 11.2. The molecular weight excluding hydrogens is 370 g/mol. The minimum absolute atomic E-state index is 0.326. The Balaban J connectivity index is 4.15. The topological polar surface area (TPSA) is 128 Å². The van der Waals surface area contributed by atoms with Gasteiger partial charge < -0.3 is 19.2 Å². The van der Waals surface area contributed by atoms with Crippen LogP contribution in [-0.2, 0) is 23.0 Å². The summed E-state index contributed by atoms with van der Waals surface area (Å²) in [5.41, 5.74) is 3.50. The summed E-state index contributed by atoms with van der Waals surface area (Å²) in [4.78, 5) is 29.6. The van der Waals surface area contributed by atoms with Gasteiger partial charge in [0.05, 0.1) is 6.61 Å². The maximum Gasteiger partial charge on any atom is 0.298 e. The Morgan fingerprint density at radius 3 is 1.96 bits per heavy atom. The van der Waals surface area contributed by atoms with Gasteiger partial charge in [0.2, 0.25) is 0 Å². The maximum absolute atomic E-state index is 11.2. The second-order valence-electron chi connectivity index (χ2n) is 5.82. The van der Waals surface area contributed by atoms with Crippen molar-refractivity contribution in [2.75, 3.05) is 6.61 Å². The SMILES string of the molecule is CC(C)=CCC/C(C)=C\CC/C(C)=C/COP(=O)([O-])OOP(=O)([O-])O. The molecule has 0 aromatic rings. The van der Waals surface area contributed by atoms with Crippen LogP contribution in [0.3, 0.4) is 0 Å². The highest BCUT2D eigenvalue weighted by molar-refractivity contribution is 7.47. The predicted octanol–water partition coefficient (Wildman–Crippen LogP) is 3.30. The second-order valence-corrected chi connectivity index (χ2v) is 8.21. The van der Waals surface area contributed by atoms with Crippen molar-refractivity contribution in [3.63, 3.8) is 0 Å². The fourth-order valence-electron chi connectivity index (χ4n) is 1.71. The molecule has 0 aliphatic carbocycles. The summed E-state index contributed by atoms with van der Waals surface area (Å²) in [6.07, 6.45) is 9.43. The highest BCUT2D eigenvalue weighted by Crippen LogP contribution is 2.44. The first-order valence-electron chi connectivity index (χ1n) is 7.73. The third-order valence-corrected chi connectivity index (χ3v) is 4.11. The molecule has 0 saturated carbocycles. The summed E-state index contributed by atoms with van der Waals surface area (Å²) in [6, 6.07) is 0. The summed E-state index contributed by atoms with van der Waals surface area (Å²) in [5.74, 6) is 0. The highest BCUT2D eigenvalue weighted by Gasteiger charge is 2.14. The van der Waals surface area contributed by atoms with Crippen molar-refractivity contribution in [3.8, 4) is 0 Å². The van der Waals surface area contributed by atoms with Gasteiger partial charge in [0, 0.05) is 0 Å². The monoisotopic (exact) mass is 396 g/mol. The Morgan fingerprint density at radius 1 is 0.920 bits per heavy atom. The molecule has 0 rings (SSSR count). The Labute approximate surface area is 149 Å². The molecule has 2 atom stereocenters. The molecule has 0 aliphatic heterocycles. The first kappa shape index (κ1) is 24.4. The smallest absolute Gasteiger partial charge is 0.298 e. The van der Waals surface area contributed by atoms with Crippen LogP contribution >= 0.6 is 15.6 Å². The number of phosphoric acid groups is 2. The van der Waals surface area contributed by atoms with E-state index in [-0.39, 0.29) is 6.61 Å². The third-order valence-electron chi connectivity index (χ3n) is 3.01. The molecule has 0 aromatic heterocycles. The summed E-state index contributed by atoms with van der Waals surface area (Å²) in [6.45, 7) is 7.70. The van der Waals surface area contributed by atoms with Crippen molar-refractivity contribution < 1.29 is 37.7 Å². The van der Waals surface area contributed by atoms with Crippen LogP contribution in [0.25, 0.3) is 0 Å². The molecule has 10 heteroatoms. The Bertz CT molecular complexity index is 584. The molecule has 0 bridgehead atoms. The lowest BCUT2D eigenvalue weighted by Crippen LogP contribution is -2.11. The van der Waals surface area contributed by atoms with E-state index < -0.39 is 15.6 Å². The fraction of sp³-hybridized carbons (Fsp3) is 0.600. The van der Waals surface area contributed by atoms with E-state index in [0.717, 1.165) is 31.3 Å². The molecule has 1 N–H and O–H groups in total. The molecule has 0 fully saturated rings. The Hall–Kier alpha value is -0.560. The quantitative estimate of drug-likeness (QED) is 0.230. The molecule has 0 saturated heterocycles. The minimum atomic E-state index is -5.30. The lowest BCUT2D eigenvalue weighted by Gasteiger charge is -2.23. The van der Waals surface area contributed by atoms with Crippen molar-refractivity contribution in [1.82, 2.24) is 0 Å². The van der Waals surface area contributed by atoms with Crippen LogP contribution in [0, 0.1) is 0 Å². The normalized spacial score (nSPS) is 17.7. The van der Waals surface area contributed by atoms with Gasteiger partial charge in [0.1, 0.15) is 0 Å². The summed E-state index contributed by atoms with van der Waals surface area (Å²) in [7, 11) is -10.3. The van der Waals surface area contributed by atoms with Gasteiger partial charge in [-0.25, -0.2) is 0 Å². The lowest BCUT2D eigenvalue weighted by molar-refractivity contribution is -0.307. The van der Waals surface area contributed by atoms with Crippen LogP contribution in [0.1, 0.15) is 53.4 Å². The molecule has 0 heterocycles. The minimum Gasteiger partial charge on any atom is -0.755 e. The van der Waals surface area contributed by atoms with E-state index in [1.807, 2.05) is 6.92 Å². The van der Waals surface area contributed by atoms with Gasteiger partial charge >= 0.3 is 0 Å². The Kier molecular flexibility index (Phi) is 11.7. The molecule has 0 radical (unpaired) electrons. The average Bonchev–Trinajstić information content (AvgIpc) is 2.44. The van der Waals surface area contributed by atoms with E-state index in [0.29, 0.717) is 0 Å². The molecule has 146 valence electrons. The van der Waals surface area contributed by atoms with Crippen LogP contribution in [0.4, 0.5) is 0 Å². The summed E-state index contributed by atoms with van der Waals surface area (Å²) < 4.78 is 32.6. The molecule has 0 amide bonds. The zero-order valence-corrected chi connectivity index (χ0v) is 16.8. The van der Waals surface area contributed by atoms with E-state index in [4.69, 9.17) is 4.89 Å². The highest BCUT2D eigenvalue weighted by atomic mass is 31.2. The Morgan fingerprint density at radius 2 is 1.44 bits per heavy atom. The summed E-state index contributed by atoms with van der Waals surface area (Å²) in [5, 5.41) is 0. The van der Waals surface area contributed by atoms with Crippen molar-refractivity contribution >= 4 is 15.6 Å². The van der Waals surface area contributed by atoms with E-state index >= 15 is 0 Å². The van der Waals surface area contributed by atoms with Crippen LogP contribution in [-0.4, -0.2) is 11.5 Å². The van der Waals surface area contributed by atoms with Gasteiger partial charge in [-0.3, -0.25) is 9.13 Å². The van der Waals surface area contributed by atoms with E-state index in [1.54, 1.807) is 0 Å². The third kappa shape index (κ3) is 16.6. The van der Waals surface area contributed by atoms with Gasteiger partial charge in [-0.15, -0.1) is 0 Å². The van der Waals surface area contributed by atoms with Crippen molar-refractivity contribution in [3.05, 3.63) is 34.9 Å². The fourth-order valence-corrected chi connectivity index (χ4v) is 2.68. The lowest BCUT2D eigenvalue weighted by atomic mass is 10.1. The van der Waals surface area contributed by atoms with E-state index in [9.17, 15) is 18.9 Å². The molecule has 0 aromatic carbocycles. The van der Waals surface area contributed by atoms with Crippen molar-refractivity contribution in [2.45, 2.75) is 53.4 Å². The largest absolute Gasteiger partial charge is 0.755 e. The van der Waals surface area contributed by atoms with E-state index in [2.05, 4.69) is 46.8 Å². The standard InChI is InChI=1S/C15H28O8P2/c1-13(2)7-5-8-14(3)9-6-10-15(4)11-12-21-25(19,20)23-22-24(16,17)18/h7,9,11H,5-6,8,10,12H2,1-4H3,(H,19,20)(H2,16,17,18)/p-2/b14-9-,15-11+. The second kappa shape index (κ2) is 11.9. The zero-order valence-electron chi connectivity index (χ0n) is 15.0. The van der Waals surface area contributed by atoms with Gasteiger partial charge in [0.25, 0.3) is 15.6 Å². The average molecular weight is 396 g/mol. The summed E-state index contributed by atoms with van der Waals surface area (Å²) >= 11 is 0. The zero-order chi connectivity index (χ0) is 19.5. The first-order chi connectivity index (χ1) is 11.4. The number of hydrogen-bond acceptors (Lipinski definition) is 7. The molecule has 25 heavy (non-hydrogen) atoms. The molecule has 0 spiro atoms. The van der Waals surface area contributed by atoms with Gasteiger partial charge in [-0.2, -0.15) is 9.35 Å². The first-order valence-corrected chi connectivity index (χ1v) is 10.7. The number of phosphoric ester groups is 1. The molecule has 8 nitrogen and oxygen atoms in total. The number of allylic oxidation sites excluding steroid dienone is 5. The van der Waals surface area contributed by atoms with Crippen molar-refractivity contribution in [2.24, 2.45) is 0 Å². The van der Waals surface area contributed by atoms with Crippen LogP contribution < -0.4 is 9.79 Å². The molecule has 2 unspecified atom stereocenters.